The molecule has 4 saturated carbocycles. The predicted octanol–water partition coefficient (Wildman–Crippen LogP) is 5.98. The zero-order valence-corrected chi connectivity index (χ0v) is 22.2. The highest BCUT2D eigenvalue weighted by Crippen LogP contribution is 2.73. The summed E-state index contributed by atoms with van der Waals surface area (Å²) in [5.74, 6) is 8.75. The first kappa shape index (κ1) is 23.5. The minimum atomic E-state index is 0.467. The fraction of sp³-hybridized carbons (Fsp3) is 1.00. The Hall–Kier alpha value is 2.80. The summed E-state index contributed by atoms with van der Waals surface area (Å²) in [6.07, 6.45) is 8.44. The first-order valence-corrected chi connectivity index (χ1v) is 16.0. The molecular weight excluding hydrogens is 473 g/mol. The fourth-order valence-corrected chi connectivity index (χ4v) is 14.2. The average molecular weight is 505 g/mol. The monoisotopic (exact) mass is 504 g/mol. The lowest BCUT2D eigenvalue weighted by atomic mass is 9.54. The Bertz CT molecular complexity index is 351. The Labute approximate surface area is 199 Å². The average Bonchev–Trinajstić information content (AvgIpc) is 2.60. The van der Waals surface area contributed by atoms with E-state index in [9.17, 15) is 0 Å². The van der Waals surface area contributed by atoms with E-state index in [1.54, 1.807) is 0 Å². The fourth-order valence-electron chi connectivity index (χ4n) is 5.93. The minimum Gasteiger partial charge on any atom is -0.179 e. The van der Waals surface area contributed by atoms with Crippen molar-refractivity contribution in [3.05, 3.63) is 0 Å². The van der Waals surface area contributed by atoms with Crippen LogP contribution in [-0.2, 0) is 0 Å². The minimum absolute atomic E-state index is 0.467. The number of hydrogen-bond donors (Lipinski definition) is 4. The van der Waals surface area contributed by atoms with Gasteiger partial charge < -0.3 is 0 Å². The van der Waals surface area contributed by atoms with E-state index >= 15 is 0 Å². The Morgan fingerprint density at radius 1 is 0.423 bits per heavy atom. The largest absolute Gasteiger partial charge is 0.179 e. The maximum atomic E-state index is 4.54. The van der Waals surface area contributed by atoms with E-state index in [0.29, 0.717) is 19.0 Å². The second kappa shape index (κ2) is 9.95. The van der Waals surface area contributed by atoms with Gasteiger partial charge in [0.05, 0.1) is 0 Å². The summed E-state index contributed by atoms with van der Waals surface area (Å²) in [4.78, 5) is 0. The van der Waals surface area contributed by atoms with Gasteiger partial charge in [0.1, 0.15) is 0 Å². The molecule has 0 aromatic heterocycles. The third kappa shape index (κ3) is 5.16. The van der Waals surface area contributed by atoms with Crippen molar-refractivity contribution in [1.82, 2.24) is 0 Å². The van der Waals surface area contributed by atoms with E-state index in [2.05, 4.69) is 97.6 Å². The van der Waals surface area contributed by atoms with Crippen LogP contribution in [0.1, 0.15) is 38.5 Å². The van der Waals surface area contributed by atoms with Crippen molar-refractivity contribution in [2.24, 2.45) is 0 Å². The van der Waals surface area contributed by atoms with E-state index in [1.807, 2.05) is 0 Å². The van der Waals surface area contributed by atoms with E-state index < -0.39 is 0 Å². The van der Waals surface area contributed by atoms with Crippen molar-refractivity contribution in [3.8, 4) is 0 Å². The molecule has 4 bridgehead atoms. The molecule has 0 amide bonds. The number of rotatable bonds is 12. The first-order chi connectivity index (χ1) is 12.5. The molecular formula is C18H32S8. The molecule has 0 N–H and O–H groups in total. The lowest BCUT2D eigenvalue weighted by Gasteiger charge is -2.70. The SMILES string of the molecule is SCCSC12CC3(SCCS)CC(SCCS)(C1)CC(SCCS)(C2)C3. The molecule has 8 heteroatoms. The van der Waals surface area contributed by atoms with Crippen molar-refractivity contribution in [1.29, 1.82) is 0 Å². The molecule has 4 rings (SSSR count). The number of hydrogen-bond acceptors (Lipinski definition) is 8. The van der Waals surface area contributed by atoms with Gasteiger partial charge in [-0.1, -0.05) is 0 Å². The van der Waals surface area contributed by atoms with Crippen LogP contribution in [0.15, 0.2) is 0 Å². The summed E-state index contributed by atoms with van der Waals surface area (Å²) < 4.78 is 1.87. The standard InChI is InChI=1S/C18H32S8/c19-1-5-23-15-9-16(24-6-2-20)12-17(10-15,25-7-3-21)14-18(11-15,13-16)26-8-4-22/h19-22H,1-14H2. The van der Waals surface area contributed by atoms with Crippen LogP contribution < -0.4 is 0 Å². The summed E-state index contributed by atoms with van der Waals surface area (Å²) in [7, 11) is 0. The van der Waals surface area contributed by atoms with E-state index in [-0.39, 0.29) is 0 Å². The quantitative estimate of drug-likeness (QED) is 0.241. The maximum Gasteiger partial charge on any atom is 0.0200 e. The van der Waals surface area contributed by atoms with Gasteiger partial charge in [-0.25, -0.2) is 0 Å². The van der Waals surface area contributed by atoms with Crippen LogP contribution in [0.4, 0.5) is 0 Å². The highest BCUT2D eigenvalue weighted by atomic mass is 32.2. The molecule has 0 aromatic rings. The Morgan fingerprint density at radius 2 is 0.615 bits per heavy atom. The highest BCUT2D eigenvalue weighted by Gasteiger charge is 2.68. The molecule has 4 aliphatic carbocycles. The van der Waals surface area contributed by atoms with Crippen LogP contribution in [0.2, 0.25) is 0 Å². The molecule has 0 radical (unpaired) electrons. The van der Waals surface area contributed by atoms with E-state index in [4.69, 9.17) is 0 Å². The zero-order chi connectivity index (χ0) is 18.7. The summed E-state index contributed by atoms with van der Waals surface area (Å²) >= 11 is 27.2. The van der Waals surface area contributed by atoms with Crippen LogP contribution in [0.25, 0.3) is 0 Å². The molecule has 0 atom stereocenters. The van der Waals surface area contributed by atoms with E-state index in [1.165, 1.54) is 61.5 Å². The van der Waals surface area contributed by atoms with Crippen LogP contribution in [0.3, 0.4) is 0 Å². The molecule has 0 saturated heterocycles. The summed E-state index contributed by atoms with van der Waals surface area (Å²) in [6.45, 7) is 0. The van der Waals surface area contributed by atoms with Crippen molar-refractivity contribution >= 4 is 97.6 Å². The van der Waals surface area contributed by atoms with Crippen LogP contribution in [-0.4, -0.2) is 65.0 Å². The zero-order valence-electron chi connectivity index (χ0n) is 15.3. The Kier molecular flexibility index (Phi) is 8.98. The molecule has 0 heterocycles. The van der Waals surface area contributed by atoms with Crippen LogP contribution in [0.5, 0.6) is 0 Å². The van der Waals surface area contributed by atoms with Gasteiger partial charge in [-0.2, -0.15) is 97.6 Å². The molecule has 0 nitrogen and oxygen atoms in total. The van der Waals surface area contributed by atoms with Gasteiger partial charge in [0.2, 0.25) is 0 Å². The summed E-state index contributed by atoms with van der Waals surface area (Å²) in [5.41, 5.74) is 0. The van der Waals surface area contributed by atoms with Gasteiger partial charge in [-0.3, -0.25) is 0 Å². The van der Waals surface area contributed by atoms with Gasteiger partial charge in [-0.05, 0) is 61.5 Å². The lowest BCUT2D eigenvalue weighted by Crippen LogP contribution is -2.68. The second-order valence-electron chi connectivity index (χ2n) is 8.08. The smallest absolute Gasteiger partial charge is 0.0200 e. The van der Waals surface area contributed by atoms with Crippen LogP contribution in [0, 0.1) is 0 Å². The third-order valence-electron chi connectivity index (χ3n) is 5.86. The molecule has 0 aliphatic heterocycles. The van der Waals surface area contributed by atoms with Crippen molar-refractivity contribution < 1.29 is 0 Å². The molecule has 4 aliphatic rings. The van der Waals surface area contributed by atoms with E-state index in [0.717, 1.165) is 23.0 Å². The molecule has 0 unspecified atom stereocenters. The third-order valence-corrected chi connectivity index (χ3v) is 13.8. The van der Waals surface area contributed by atoms with Gasteiger partial charge in [0.25, 0.3) is 0 Å². The molecule has 152 valence electrons. The molecule has 4 fully saturated rings. The van der Waals surface area contributed by atoms with Gasteiger partial charge >= 0.3 is 0 Å². The van der Waals surface area contributed by atoms with Gasteiger partial charge in [-0.15, -0.1) is 0 Å². The summed E-state index contributed by atoms with van der Waals surface area (Å²) in [5, 5.41) is 0. The molecule has 0 spiro atoms. The number of thioether (sulfide) groups is 4. The van der Waals surface area contributed by atoms with Crippen molar-refractivity contribution in [3.63, 3.8) is 0 Å². The lowest BCUT2D eigenvalue weighted by molar-refractivity contribution is 0.0980. The predicted molar refractivity (Wildman–Crippen MR) is 144 cm³/mol. The molecule has 26 heavy (non-hydrogen) atoms. The summed E-state index contributed by atoms with van der Waals surface area (Å²) in [6, 6.07) is 0. The topological polar surface area (TPSA) is 0 Å². The van der Waals surface area contributed by atoms with Crippen molar-refractivity contribution in [2.45, 2.75) is 57.5 Å². The van der Waals surface area contributed by atoms with Gasteiger partial charge in [0.15, 0.2) is 0 Å². The van der Waals surface area contributed by atoms with Gasteiger partial charge in [0, 0.05) is 42.0 Å². The normalized spacial score (nSPS) is 41.1. The molecule has 0 aromatic carbocycles. The van der Waals surface area contributed by atoms with Crippen LogP contribution >= 0.6 is 97.6 Å². The highest BCUT2D eigenvalue weighted by molar-refractivity contribution is 8.04. The van der Waals surface area contributed by atoms with Crippen molar-refractivity contribution in [2.75, 3.05) is 46.0 Å². The maximum absolute atomic E-state index is 4.54. The Morgan fingerprint density at radius 3 is 0.769 bits per heavy atom. The second-order valence-corrected chi connectivity index (χ2v) is 16.1. The number of thiol groups is 4. The Balaban J connectivity index is 1.93. The first-order valence-electron chi connectivity index (χ1n) is 9.48.